The average Bonchev–Trinajstić information content (AvgIpc) is 2.40. The number of pyridine rings is 1. The summed E-state index contributed by atoms with van der Waals surface area (Å²) in [6.07, 6.45) is 0. The van der Waals surface area contributed by atoms with Crippen LogP contribution < -0.4 is 0 Å². The van der Waals surface area contributed by atoms with Gasteiger partial charge >= 0.3 is 0 Å². The maximum Gasteiger partial charge on any atom is 0.134 e. The summed E-state index contributed by atoms with van der Waals surface area (Å²) in [5.74, 6) is 0. The fraction of sp³-hybridized carbons (Fsp3) is 0.357. The van der Waals surface area contributed by atoms with Gasteiger partial charge in [-0.2, -0.15) is 0 Å². The molecule has 0 aliphatic heterocycles. The Bertz CT molecular complexity index is 542. The number of fused-ring (bicyclic) bond motifs is 1. The van der Waals surface area contributed by atoms with Gasteiger partial charge in [-0.05, 0) is 12.1 Å². The predicted octanol–water partition coefficient (Wildman–Crippen LogP) is 1.67. The van der Waals surface area contributed by atoms with Crippen LogP contribution in [0.3, 0.4) is 0 Å². The van der Waals surface area contributed by atoms with Crippen LogP contribution in [0.4, 0.5) is 0 Å². The number of benzene rings is 1. The lowest BCUT2D eigenvalue weighted by Crippen LogP contribution is -2.29. The number of aliphatic hydroxyl groups excluding tert-OH is 2. The molecule has 1 heterocycles. The zero-order chi connectivity index (χ0) is 13.7. The molecule has 102 valence electrons. The molecular formula is C14H17ClN2O2. The first-order chi connectivity index (χ1) is 9.24. The summed E-state index contributed by atoms with van der Waals surface area (Å²) in [6, 6.07) is 9.80. The molecule has 1 aromatic heterocycles. The van der Waals surface area contributed by atoms with E-state index in [-0.39, 0.29) is 13.2 Å². The minimum absolute atomic E-state index is 0.0542. The van der Waals surface area contributed by atoms with Crippen LogP contribution >= 0.6 is 11.6 Å². The fourth-order valence-corrected chi connectivity index (χ4v) is 2.25. The van der Waals surface area contributed by atoms with Gasteiger partial charge in [-0.1, -0.05) is 29.8 Å². The van der Waals surface area contributed by atoms with Gasteiger partial charge in [0.25, 0.3) is 0 Å². The van der Waals surface area contributed by atoms with E-state index in [9.17, 15) is 0 Å². The lowest BCUT2D eigenvalue weighted by atomic mass is 10.1. The molecule has 2 rings (SSSR count). The summed E-state index contributed by atoms with van der Waals surface area (Å²) in [7, 11) is 0. The third kappa shape index (κ3) is 3.64. The lowest BCUT2D eigenvalue weighted by Gasteiger charge is -2.20. The van der Waals surface area contributed by atoms with E-state index in [2.05, 4.69) is 4.98 Å². The molecule has 4 nitrogen and oxygen atoms in total. The second-order valence-corrected chi connectivity index (χ2v) is 4.71. The minimum atomic E-state index is 0.0542. The lowest BCUT2D eigenvalue weighted by molar-refractivity contribution is 0.156. The number of para-hydroxylation sites is 1. The second kappa shape index (κ2) is 6.82. The molecule has 2 aromatic rings. The van der Waals surface area contributed by atoms with Crippen molar-refractivity contribution < 1.29 is 10.2 Å². The average molecular weight is 281 g/mol. The Labute approximate surface area is 117 Å². The molecule has 0 bridgehead atoms. The van der Waals surface area contributed by atoms with E-state index in [1.807, 2.05) is 35.2 Å². The molecule has 0 saturated heterocycles. The molecule has 0 saturated carbocycles. The van der Waals surface area contributed by atoms with Gasteiger partial charge in [-0.25, -0.2) is 4.98 Å². The Morgan fingerprint density at radius 3 is 2.47 bits per heavy atom. The largest absolute Gasteiger partial charge is 0.395 e. The highest BCUT2D eigenvalue weighted by Gasteiger charge is 2.10. The molecule has 0 amide bonds. The number of nitrogens with zero attached hydrogens (tertiary/aromatic N) is 2. The normalized spacial score (nSPS) is 11.4. The van der Waals surface area contributed by atoms with Crippen LogP contribution in [0.5, 0.6) is 0 Å². The Hall–Kier alpha value is -1.20. The summed E-state index contributed by atoms with van der Waals surface area (Å²) >= 11 is 6.18. The molecule has 0 aliphatic rings. The number of hydrogen-bond acceptors (Lipinski definition) is 4. The fourth-order valence-electron chi connectivity index (χ4n) is 2.04. The number of aliphatic hydroxyl groups is 2. The van der Waals surface area contributed by atoms with Crippen LogP contribution in [0.25, 0.3) is 10.9 Å². The van der Waals surface area contributed by atoms with E-state index in [0.29, 0.717) is 24.8 Å². The SMILES string of the molecule is OCCN(CCO)Cc1cc2ccccc2nc1Cl. The van der Waals surface area contributed by atoms with E-state index >= 15 is 0 Å². The first kappa shape index (κ1) is 14.2. The van der Waals surface area contributed by atoms with Gasteiger partial charge in [0, 0.05) is 30.6 Å². The van der Waals surface area contributed by atoms with Crippen LogP contribution in [0.1, 0.15) is 5.56 Å². The molecule has 1 aromatic carbocycles. The molecule has 0 spiro atoms. The van der Waals surface area contributed by atoms with Crippen LogP contribution in [0.2, 0.25) is 5.15 Å². The van der Waals surface area contributed by atoms with Crippen molar-refractivity contribution in [3.05, 3.63) is 41.0 Å². The molecule has 0 aliphatic carbocycles. The second-order valence-electron chi connectivity index (χ2n) is 4.35. The van der Waals surface area contributed by atoms with Crippen molar-refractivity contribution in [1.82, 2.24) is 9.88 Å². The van der Waals surface area contributed by atoms with E-state index in [0.717, 1.165) is 16.5 Å². The molecule has 2 N–H and O–H groups in total. The zero-order valence-corrected chi connectivity index (χ0v) is 11.3. The summed E-state index contributed by atoms with van der Waals surface area (Å²) in [5, 5.41) is 19.5. The van der Waals surface area contributed by atoms with Crippen LogP contribution in [-0.4, -0.2) is 46.4 Å². The first-order valence-corrected chi connectivity index (χ1v) is 6.60. The topological polar surface area (TPSA) is 56.6 Å². The highest BCUT2D eigenvalue weighted by Crippen LogP contribution is 2.21. The van der Waals surface area contributed by atoms with Gasteiger partial charge in [0.15, 0.2) is 0 Å². The van der Waals surface area contributed by atoms with Crippen LogP contribution in [-0.2, 0) is 6.54 Å². The van der Waals surface area contributed by atoms with Gasteiger partial charge < -0.3 is 10.2 Å². The van der Waals surface area contributed by atoms with Gasteiger partial charge in [0.1, 0.15) is 5.15 Å². The zero-order valence-electron chi connectivity index (χ0n) is 10.6. The minimum Gasteiger partial charge on any atom is -0.395 e. The maximum absolute atomic E-state index is 9.01. The summed E-state index contributed by atoms with van der Waals surface area (Å²) in [4.78, 5) is 6.30. The number of hydrogen-bond donors (Lipinski definition) is 2. The third-order valence-electron chi connectivity index (χ3n) is 2.98. The van der Waals surface area contributed by atoms with E-state index in [4.69, 9.17) is 21.8 Å². The van der Waals surface area contributed by atoms with Crippen molar-refractivity contribution in [2.45, 2.75) is 6.54 Å². The first-order valence-electron chi connectivity index (χ1n) is 6.23. The Kier molecular flexibility index (Phi) is 5.10. The molecule has 0 radical (unpaired) electrons. The maximum atomic E-state index is 9.01. The quantitative estimate of drug-likeness (QED) is 0.791. The van der Waals surface area contributed by atoms with Crippen molar-refractivity contribution in [3.8, 4) is 0 Å². The van der Waals surface area contributed by atoms with Crippen molar-refractivity contribution in [1.29, 1.82) is 0 Å². The number of halogens is 1. The molecule has 0 atom stereocenters. The molecule has 19 heavy (non-hydrogen) atoms. The Balaban J connectivity index is 2.25. The highest BCUT2D eigenvalue weighted by molar-refractivity contribution is 6.30. The number of rotatable bonds is 6. The third-order valence-corrected chi connectivity index (χ3v) is 3.30. The van der Waals surface area contributed by atoms with Crippen LogP contribution in [0.15, 0.2) is 30.3 Å². The predicted molar refractivity (Wildman–Crippen MR) is 76.2 cm³/mol. The van der Waals surface area contributed by atoms with Crippen molar-refractivity contribution in [2.75, 3.05) is 26.3 Å². The summed E-state index contributed by atoms with van der Waals surface area (Å²) in [6.45, 7) is 1.68. The molecule has 0 fully saturated rings. The van der Waals surface area contributed by atoms with Gasteiger partial charge in [-0.15, -0.1) is 0 Å². The van der Waals surface area contributed by atoms with E-state index in [1.54, 1.807) is 0 Å². The Morgan fingerprint density at radius 2 is 1.79 bits per heavy atom. The van der Waals surface area contributed by atoms with Crippen LogP contribution in [0, 0.1) is 0 Å². The molecule has 0 unspecified atom stereocenters. The van der Waals surface area contributed by atoms with Crippen molar-refractivity contribution in [2.24, 2.45) is 0 Å². The van der Waals surface area contributed by atoms with Crippen molar-refractivity contribution >= 4 is 22.5 Å². The monoisotopic (exact) mass is 280 g/mol. The van der Waals surface area contributed by atoms with E-state index in [1.165, 1.54) is 0 Å². The molecule has 5 heteroatoms. The van der Waals surface area contributed by atoms with E-state index < -0.39 is 0 Å². The van der Waals surface area contributed by atoms with Gasteiger partial charge in [0.2, 0.25) is 0 Å². The van der Waals surface area contributed by atoms with Gasteiger partial charge in [-0.3, -0.25) is 4.90 Å². The van der Waals surface area contributed by atoms with Gasteiger partial charge in [0.05, 0.1) is 18.7 Å². The summed E-state index contributed by atoms with van der Waals surface area (Å²) in [5.41, 5.74) is 1.77. The summed E-state index contributed by atoms with van der Waals surface area (Å²) < 4.78 is 0. The Morgan fingerprint density at radius 1 is 1.11 bits per heavy atom. The molecular weight excluding hydrogens is 264 g/mol. The smallest absolute Gasteiger partial charge is 0.134 e. The van der Waals surface area contributed by atoms with Crippen molar-refractivity contribution in [3.63, 3.8) is 0 Å². The highest BCUT2D eigenvalue weighted by atomic mass is 35.5. The number of aromatic nitrogens is 1. The standard InChI is InChI=1S/C14H17ClN2O2/c15-14-12(10-17(5-7-18)6-8-19)9-11-3-1-2-4-13(11)16-14/h1-4,9,18-19H,5-8,10H2.